The average Bonchev–Trinajstić information content (AvgIpc) is 3.07. The van der Waals surface area contributed by atoms with Gasteiger partial charge < -0.3 is 24.4 Å². The predicted octanol–water partition coefficient (Wildman–Crippen LogP) is 2.56. The van der Waals surface area contributed by atoms with Gasteiger partial charge in [-0.2, -0.15) is 0 Å². The molecule has 3 heterocycles. The maximum Gasteiger partial charge on any atom is 0.410 e. The van der Waals surface area contributed by atoms with E-state index in [4.69, 9.17) is 14.2 Å². The summed E-state index contributed by atoms with van der Waals surface area (Å²) in [7, 11) is 0. The van der Waals surface area contributed by atoms with Crippen LogP contribution in [0.1, 0.15) is 40.0 Å². The molecule has 0 aromatic carbocycles. The molecule has 0 aromatic rings. The van der Waals surface area contributed by atoms with E-state index in [9.17, 15) is 4.79 Å². The number of nitrogens with zero attached hydrogens (tertiary/aromatic N) is 1. The lowest BCUT2D eigenvalue weighted by molar-refractivity contribution is -0.0247. The third-order valence-electron chi connectivity index (χ3n) is 4.48. The van der Waals surface area contributed by atoms with Gasteiger partial charge in [0.15, 0.2) is 6.29 Å². The van der Waals surface area contributed by atoms with E-state index in [1.54, 1.807) is 0 Å². The van der Waals surface area contributed by atoms with Gasteiger partial charge in [-0.25, -0.2) is 4.79 Å². The molecule has 0 bridgehead atoms. The number of likely N-dealkylation sites (tertiary alicyclic amines) is 1. The second-order valence-corrected chi connectivity index (χ2v) is 7.48. The fraction of sp³-hybridized carbons (Fsp3) is 0.722. The molecule has 2 fully saturated rings. The zero-order valence-corrected chi connectivity index (χ0v) is 14.8. The molecule has 24 heavy (non-hydrogen) atoms. The fourth-order valence-electron chi connectivity index (χ4n) is 3.48. The molecule has 0 radical (unpaired) electrons. The second-order valence-electron chi connectivity index (χ2n) is 7.48. The van der Waals surface area contributed by atoms with Crippen LogP contribution in [0.25, 0.3) is 0 Å². The number of rotatable bonds is 2. The van der Waals surface area contributed by atoms with Gasteiger partial charge in [0, 0.05) is 12.1 Å². The van der Waals surface area contributed by atoms with Crippen molar-refractivity contribution in [2.45, 2.75) is 64.0 Å². The Bertz CT molecular complexity index is 518. The Balaban J connectivity index is 1.77. The van der Waals surface area contributed by atoms with Crippen molar-refractivity contribution in [3.8, 4) is 0 Å². The summed E-state index contributed by atoms with van der Waals surface area (Å²) in [6.07, 6.45) is 8.40. The summed E-state index contributed by atoms with van der Waals surface area (Å²) < 4.78 is 17.0. The summed E-state index contributed by atoms with van der Waals surface area (Å²) in [5.74, 6) is 0. The fourth-order valence-corrected chi connectivity index (χ4v) is 3.48. The summed E-state index contributed by atoms with van der Waals surface area (Å²) in [5.41, 5.74) is 0.561. The number of hydrogen-bond donors (Lipinski definition) is 1. The van der Waals surface area contributed by atoms with E-state index >= 15 is 0 Å². The number of hydrogen-bond acceptors (Lipinski definition) is 5. The monoisotopic (exact) mass is 336 g/mol. The molecule has 6 nitrogen and oxygen atoms in total. The van der Waals surface area contributed by atoms with Crippen molar-refractivity contribution >= 4 is 6.09 Å². The van der Waals surface area contributed by atoms with Gasteiger partial charge in [0.2, 0.25) is 0 Å². The average molecular weight is 336 g/mol. The minimum atomic E-state index is -0.491. The lowest BCUT2D eigenvalue weighted by Gasteiger charge is -2.42. The number of dihydropyridines is 1. The van der Waals surface area contributed by atoms with Crippen molar-refractivity contribution in [3.05, 3.63) is 23.9 Å². The van der Waals surface area contributed by atoms with Crippen LogP contribution in [0, 0.1) is 0 Å². The van der Waals surface area contributed by atoms with E-state index in [0.29, 0.717) is 13.2 Å². The van der Waals surface area contributed by atoms with Crippen LogP contribution in [0.5, 0.6) is 0 Å². The third kappa shape index (κ3) is 3.92. The highest BCUT2D eigenvalue weighted by molar-refractivity contribution is 5.69. The highest BCUT2D eigenvalue weighted by Gasteiger charge is 2.40. The molecule has 2 unspecified atom stereocenters. The normalized spacial score (nSPS) is 28.5. The van der Waals surface area contributed by atoms with E-state index in [2.05, 4.69) is 5.32 Å². The number of carbonyl (C=O) groups is 1. The molecule has 0 aromatic heterocycles. The van der Waals surface area contributed by atoms with Gasteiger partial charge in [0.1, 0.15) is 5.60 Å². The molecular weight excluding hydrogens is 308 g/mol. The Kier molecular flexibility index (Phi) is 5.15. The van der Waals surface area contributed by atoms with Gasteiger partial charge in [-0.15, -0.1) is 0 Å². The molecule has 134 valence electrons. The molecular formula is C18H28N2O4. The van der Waals surface area contributed by atoms with Gasteiger partial charge >= 0.3 is 6.09 Å². The highest BCUT2D eigenvalue weighted by Crippen LogP contribution is 2.29. The Morgan fingerprint density at radius 2 is 2.04 bits per heavy atom. The number of nitrogens with one attached hydrogen (secondary N) is 1. The summed E-state index contributed by atoms with van der Waals surface area (Å²) in [6.45, 7) is 7.64. The van der Waals surface area contributed by atoms with E-state index < -0.39 is 5.60 Å². The van der Waals surface area contributed by atoms with Crippen LogP contribution >= 0.6 is 0 Å². The lowest BCUT2D eigenvalue weighted by Crippen LogP contribution is -2.56. The first-order chi connectivity index (χ1) is 11.5. The zero-order valence-electron chi connectivity index (χ0n) is 14.8. The van der Waals surface area contributed by atoms with Crippen LogP contribution in [-0.2, 0) is 14.2 Å². The first kappa shape index (κ1) is 17.3. The van der Waals surface area contributed by atoms with Crippen LogP contribution in [0.2, 0.25) is 0 Å². The van der Waals surface area contributed by atoms with Crippen LogP contribution in [0.3, 0.4) is 0 Å². The molecule has 2 saturated heterocycles. The number of allylic oxidation sites excluding steroid dienone is 2. The molecule has 0 spiro atoms. The lowest BCUT2D eigenvalue weighted by atomic mass is 9.89. The van der Waals surface area contributed by atoms with Crippen LogP contribution in [-0.4, -0.2) is 54.7 Å². The van der Waals surface area contributed by atoms with Crippen molar-refractivity contribution in [1.29, 1.82) is 0 Å². The zero-order chi connectivity index (χ0) is 17.2. The van der Waals surface area contributed by atoms with Crippen LogP contribution < -0.4 is 5.32 Å². The van der Waals surface area contributed by atoms with Gasteiger partial charge in [-0.05, 0) is 52.3 Å². The second kappa shape index (κ2) is 7.15. The SMILES string of the molecule is CC(C)(C)OC(=O)N1CCCCC1C1NC=CC=C1C1OCCO1. The summed E-state index contributed by atoms with van der Waals surface area (Å²) in [5, 5.41) is 3.41. The molecule has 0 aliphatic carbocycles. The minimum absolute atomic E-state index is 0.00841. The maximum atomic E-state index is 12.7. The quantitative estimate of drug-likeness (QED) is 0.840. The number of piperidine rings is 1. The van der Waals surface area contributed by atoms with Gasteiger partial charge in [0.05, 0.1) is 25.3 Å². The van der Waals surface area contributed by atoms with Crippen LogP contribution in [0.4, 0.5) is 4.79 Å². The Morgan fingerprint density at radius 3 is 2.75 bits per heavy atom. The number of carbonyl (C=O) groups excluding carboxylic acids is 1. The first-order valence-electron chi connectivity index (χ1n) is 8.81. The summed E-state index contributed by atoms with van der Waals surface area (Å²) in [4.78, 5) is 14.5. The largest absolute Gasteiger partial charge is 0.444 e. The molecule has 1 amide bonds. The van der Waals surface area contributed by atoms with Gasteiger partial charge in [0.25, 0.3) is 0 Å². The summed E-state index contributed by atoms with van der Waals surface area (Å²) >= 11 is 0. The van der Waals surface area contributed by atoms with E-state index in [-0.39, 0.29) is 24.5 Å². The van der Waals surface area contributed by atoms with E-state index in [1.165, 1.54) is 0 Å². The highest BCUT2D eigenvalue weighted by atomic mass is 16.7. The first-order valence-corrected chi connectivity index (χ1v) is 8.81. The van der Waals surface area contributed by atoms with Crippen molar-refractivity contribution in [2.75, 3.05) is 19.8 Å². The molecule has 2 atom stereocenters. The number of ether oxygens (including phenoxy) is 3. The maximum absolute atomic E-state index is 12.7. The Labute approximate surface area is 143 Å². The van der Waals surface area contributed by atoms with Crippen molar-refractivity contribution in [1.82, 2.24) is 10.2 Å². The molecule has 1 N–H and O–H groups in total. The Hall–Kier alpha value is -1.53. The van der Waals surface area contributed by atoms with Gasteiger partial charge in [-0.1, -0.05) is 6.08 Å². The molecule has 6 heteroatoms. The van der Waals surface area contributed by atoms with Crippen molar-refractivity contribution < 1.29 is 19.0 Å². The van der Waals surface area contributed by atoms with E-state index in [1.807, 2.05) is 44.0 Å². The van der Waals surface area contributed by atoms with E-state index in [0.717, 1.165) is 31.4 Å². The smallest absolute Gasteiger partial charge is 0.410 e. The van der Waals surface area contributed by atoms with Crippen molar-refractivity contribution in [2.24, 2.45) is 0 Å². The van der Waals surface area contributed by atoms with Crippen LogP contribution in [0.15, 0.2) is 23.9 Å². The molecule has 3 aliphatic rings. The number of amides is 1. The predicted molar refractivity (Wildman–Crippen MR) is 90.4 cm³/mol. The standard InChI is InChI=1S/C18H28N2O4/c1-18(2,3)24-17(21)20-10-5-4-8-14(20)15-13(7-6-9-19-15)16-22-11-12-23-16/h6-7,9,14-16,19H,4-5,8,10-12H2,1-3H3. The topological polar surface area (TPSA) is 60.0 Å². The third-order valence-corrected chi connectivity index (χ3v) is 4.48. The van der Waals surface area contributed by atoms with Crippen molar-refractivity contribution in [3.63, 3.8) is 0 Å². The van der Waals surface area contributed by atoms with Gasteiger partial charge in [-0.3, -0.25) is 0 Å². The Morgan fingerprint density at radius 1 is 1.29 bits per heavy atom. The molecule has 3 aliphatic heterocycles. The molecule has 0 saturated carbocycles. The molecule has 3 rings (SSSR count). The minimum Gasteiger partial charge on any atom is -0.444 e. The summed E-state index contributed by atoms with van der Waals surface area (Å²) in [6, 6.07) is 0.0310.